The highest BCUT2D eigenvalue weighted by molar-refractivity contribution is 7.11. The van der Waals surface area contributed by atoms with Crippen molar-refractivity contribution in [1.29, 1.82) is 0 Å². The van der Waals surface area contributed by atoms with E-state index in [1.165, 1.54) is 9.75 Å². The molecule has 0 atom stereocenters. The second-order valence-electron chi connectivity index (χ2n) is 5.38. The molecule has 0 amide bonds. The number of aromatic hydroxyl groups is 1. The van der Waals surface area contributed by atoms with Gasteiger partial charge in [0.25, 0.3) is 0 Å². The third-order valence-electron chi connectivity index (χ3n) is 3.51. The SMILES string of the molecule is CCNC(=NCc1ccc(C)s1)NCCc1ccc(OC)cc1O. The van der Waals surface area contributed by atoms with Crippen LogP contribution in [-0.2, 0) is 13.0 Å². The standard InChI is InChI=1S/C18H25N3O2S/c1-4-19-18(21-12-16-8-5-13(2)24-16)20-10-9-14-6-7-15(23-3)11-17(14)22/h5-8,11,22H,4,9-10,12H2,1-3H3,(H2,19,20,21). The summed E-state index contributed by atoms with van der Waals surface area (Å²) in [4.78, 5) is 7.15. The number of aryl methyl sites for hydroxylation is 1. The highest BCUT2D eigenvalue weighted by Crippen LogP contribution is 2.23. The summed E-state index contributed by atoms with van der Waals surface area (Å²) < 4.78 is 5.10. The molecule has 24 heavy (non-hydrogen) atoms. The molecule has 0 radical (unpaired) electrons. The fraction of sp³-hybridized carbons (Fsp3) is 0.389. The summed E-state index contributed by atoms with van der Waals surface area (Å²) in [6, 6.07) is 9.60. The molecule has 0 bridgehead atoms. The Morgan fingerprint density at radius 1 is 1.25 bits per heavy atom. The lowest BCUT2D eigenvalue weighted by molar-refractivity contribution is 0.406. The molecule has 1 heterocycles. The average molecular weight is 347 g/mol. The van der Waals surface area contributed by atoms with E-state index in [1.54, 1.807) is 24.5 Å². The Morgan fingerprint density at radius 3 is 2.71 bits per heavy atom. The number of rotatable bonds is 7. The van der Waals surface area contributed by atoms with Gasteiger partial charge in [-0.25, -0.2) is 4.99 Å². The van der Waals surface area contributed by atoms with Gasteiger partial charge in [-0.3, -0.25) is 0 Å². The van der Waals surface area contributed by atoms with E-state index in [9.17, 15) is 5.11 Å². The average Bonchev–Trinajstić information content (AvgIpc) is 2.99. The first-order valence-corrected chi connectivity index (χ1v) is 8.87. The summed E-state index contributed by atoms with van der Waals surface area (Å²) in [5, 5.41) is 16.5. The second-order valence-corrected chi connectivity index (χ2v) is 6.75. The van der Waals surface area contributed by atoms with Crippen LogP contribution in [0.1, 0.15) is 22.2 Å². The predicted octanol–water partition coefficient (Wildman–Crippen LogP) is 3.07. The van der Waals surface area contributed by atoms with Crippen molar-refractivity contribution in [2.75, 3.05) is 20.2 Å². The number of methoxy groups -OCH3 is 1. The second kappa shape index (κ2) is 9.17. The molecule has 0 saturated carbocycles. The summed E-state index contributed by atoms with van der Waals surface area (Å²) in [7, 11) is 1.59. The number of hydrogen-bond acceptors (Lipinski definition) is 4. The van der Waals surface area contributed by atoms with Gasteiger partial charge in [-0.15, -0.1) is 11.3 Å². The molecule has 5 nitrogen and oxygen atoms in total. The van der Waals surface area contributed by atoms with Crippen molar-refractivity contribution in [2.24, 2.45) is 4.99 Å². The predicted molar refractivity (Wildman–Crippen MR) is 100 cm³/mol. The van der Waals surface area contributed by atoms with Gasteiger partial charge in [0.1, 0.15) is 11.5 Å². The van der Waals surface area contributed by atoms with Crippen molar-refractivity contribution in [1.82, 2.24) is 10.6 Å². The Morgan fingerprint density at radius 2 is 2.08 bits per heavy atom. The van der Waals surface area contributed by atoms with Gasteiger partial charge in [0.2, 0.25) is 0 Å². The van der Waals surface area contributed by atoms with Crippen molar-refractivity contribution in [2.45, 2.75) is 26.8 Å². The van der Waals surface area contributed by atoms with Crippen molar-refractivity contribution >= 4 is 17.3 Å². The first kappa shape index (κ1) is 18.1. The molecule has 6 heteroatoms. The van der Waals surface area contributed by atoms with E-state index in [1.807, 2.05) is 19.1 Å². The van der Waals surface area contributed by atoms with Crippen LogP contribution >= 0.6 is 11.3 Å². The minimum Gasteiger partial charge on any atom is -0.508 e. The fourth-order valence-electron chi connectivity index (χ4n) is 2.27. The van der Waals surface area contributed by atoms with Gasteiger partial charge in [-0.05, 0) is 44.0 Å². The van der Waals surface area contributed by atoms with Crippen molar-refractivity contribution in [3.8, 4) is 11.5 Å². The zero-order chi connectivity index (χ0) is 17.4. The van der Waals surface area contributed by atoms with E-state index in [0.29, 0.717) is 25.3 Å². The molecule has 1 aromatic heterocycles. The van der Waals surface area contributed by atoms with Gasteiger partial charge in [0, 0.05) is 28.9 Å². The number of phenols is 1. The number of hydrogen-bond donors (Lipinski definition) is 3. The Kier molecular flexibility index (Phi) is 6.93. The van der Waals surface area contributed by atoms with E-state index in [2.05, 4.69) is 34.7 Å². The lowest BCUT2D eigenvalue weighted by Crippen LogP contribution is -2.38. The zero-order valence-electron chi connectivity index (χ0n) is 14.4. The Bertz CT molecular complexity index is 683. The minimum atomic E-state index is 0.257. The molecule has 0 fully saturated rings. The zero-order valence-corrected chi connectivity index (χ0v) is 15.2. The topological polar surface area (TPSA) is 65.9 Å². The molecular formula is C18H25N3O2S. The van der Waals surface area contributed by atoms with Crippen LogP contribution in [0.2, 0.25) is 0 Å². The highest BCUT2D eigenvalue weighted by atomic mass is 32.1. The lowest BCUT2D eigenvalue weighted by atomic mass is 10.1. The van der Waals surface area contributed by atoms with Crippen molar-refractivity contribution < 1.29 is 9.84 Å². The van der Waals surface area contributed by atoms with Gasteiger partial charge >= 0.3 is 0 Å². The molecule has 0 spiro atoms. The van der Waals surface area contributed by atoms with Crippen LogP contribution in [0.5, 0.6) is 11.5 Å². The lowest BCUT2D eigenvalue weighted by Gasteiger charge is -2.12. The Balaban J connectivity index is 1.89. The van der Waals surface area contributed by atoms with Crippen LogP contribution in [0.4, 0.5) is 0 Å². The molecule has 0 aliphatic rings. The molecular weight excluding hydrogens is 322 g/mol. The number of nitrogens with one attached hydrogen (secondary N) is 2. The van der Waals surface area contributed by atoms with Gasteiger partial charge in [-0.1, -0.05) is 6.07 Å². The number of benzene rings is 1. The first-order valence-electron chi connectivity index (χ1n) is 8.05. The van der Waals surface area contributed by atoms with Crippen LogP contribution in [-0.4, -0.2) is 31.3 Å². The van der Waals surface area contributed by atoms with E-state index in [0.717, 1.165) is 18.1 Å². The molecule has 1 aromatic carbocycles. The van der Waals surface area contributed by atoms with E-state index in [-0.39, 0.29) is 5.75 Å². The van der Waals surface area contributed by atoms with Gasteiger partial charge in [-0.2, -0.15) is 0 Å². The normalized spacial score (nSPS) is 11.4. The number of aliphatic imine (C=N–C) groups is 1. The number of guanidine groups is 1. The molecule has 0 aliphatic heterocycles. The molecule has 0 saturated heterocycles. The van der Waals surface area contributed by atoms with Crippen molar-refractivity contribution in [3.05, 3.63) is 45.6 Å². The maximum atomic E-state index is 9.99. The monoisotopic (exact) mass is 347 g/mol. The Hall–Kier alpha value is -2.21. The quantitative estimate of drug-likeness (QED) is 0.532. The van der Waals surface area contributed by atoms with Gasteiger partial charge in [0.15, 0.2) is 5.96 Å². The fourth-order valence-corrected chi connectivity index (χ4v) is 3.08. The summed E-state index contributed by atoms with van der Waals surface area (Å²) in [6.45, 7) is 6.31. The van der Waals surface area contributed by atoms with E-state index >= 15 is 0 Å². The number of ether oxygens (including phenoxy) is 1. The highest BCUT2D eigenvalue weighted by Gasteiger charge is 2.04. The summed E-state index contributed by atoms with van der Waals surface area (Å²) >= 11 is 1.77. The van der Waals surface area contributed by atoms with E-state index < -0.39 is 0 Å². The largest absolute Gasteiger partial charge is 0.508 e. The van der Waals surface area contributed by atoms with Crippen LogP contribution < -0.4 is 15.4 Å². The van der Waals surface area contributed by atoms with E-state index in [4.69, 9.17) is 4.74 Å². The number of thiophene rings is 1. The summed E-state index contributed by atoms with van der Waals surface area (Å²) in [6.07, 6.45) is 0.707. The maximum Gasteiger partial charge on any atom is 0.191 e. The molecule has 0 aliphatic carbocycles. The van der Waals surface area contributed by atoms with Crippen LogP contribution in [0.25, 0.3) is 0 Å². The van der Waals surface area contributed by atoms with Gasteiger partial charge in [0.05, 0.1) is 13.7 Å². The van der Waals surface area contributed by atoms with Crippen molar-refractivity contribution in [3.63, 3.8) is 0 Å². The van der Waals surface area contributed by atoms with Gasteiger partial charge < -0.3 is 20.5 Å². The third kappa shape index (κ3) is 5.45. The molecule has 3 N–H and O–H groups in total. The van der Waals surface area contributed by atoms with Crippen LogP contribution in [0.15, 0.2) is 35.3 Å². The first-order chi connectivity index (χ1) is 11.6. The Labute approximate surface area is 147 Å². The minimum absolute atomic E-state index is 0.257. The maximum absolute atomic E-state index is 9.99. The number of phenolic OH excluding ortho intramolecular Hbond substituents is 1. The molecule has 0 unspecified atom stereocenters. The molecule has 130 valence electrons. The third-order valence-corrected chi connectivity index (χ3v) is 4.50. The summed E-state index contributed by atoms with van der Waals surface area (Å²) in [5.74, 6) is 1.70. The smallest absolute Gasteiger partial charge is 0.191 e. The summed E-state index contributed by atoms with van der Waals surface area (Å²) in [5.41, 5.74) is 0.882. The van der Waals surface area contributed by atoms with Crippen LogP contribution in [0, 0.1) is 6.92 Å². The number of nitrogens with zero attached hydrogens (tertiary/aromatic N) is 1. The van der Waals surface area contributed by atoms with Crippen LogP contribution in [0.3, 0.4) is 0 Å². The molecule has 2 rings (SSSR count). The molecule has 2 aromatic rings.